The first kappa shape index (κ1) is 13.4. The van der Waals surface area contributed by atoms with Crippen molar-refractivity contribution in [2.75, 3.05) is 5.01 Å². The number of anilines is 1. The molecule has 1 N–H and O–H groups in total. The number of nitrogens with zero attached hydrogens (tertiary/aromatic N) is 1. The monoisotopic (exact) mass is 306 g/mol. The third-order valence-electron chi connectivity index (χ3n) is 2.88. The Bertz CT molecular complexity index is 756. The van der Waals surface area contributed by atoms with Gasteiger partial charge in [-0.2, -0.15) is 0 Å². The highest BCUT2D eigenvalue weighted by molar-refractivity contribution is 6.33. The van der Waals surface area contributed by atoms with E-state index in [1.54, 1.807) is 12.1 Å². The molecule has 0 aliphatic carbocycles. The Morgan fingerprint density at radius 2 is 2.10 bits per heavy atom. The molecule has 21 heavy (non-hydrogen) atoms. The van der Waals surface area contributed by atoms with Crippen LogP contribution in [0.4, 0.5) is 10.1 Å². The van der Waals surface area contributed by atoms with Crippen LogP contribution in [0.25, 0.3) is 6.08 Å². The molecular formula is C14H8ClFN2O3. The highest BCUT2D eigenvalue weighted by Gasteiger charge is 2.34. The van der Waals surface area contributed by atoms with E-state index in [1.165, 1.54) is 24.5 Å². The maximum absolute atomic E-state index is 13.1. The number of hydrogen-bond acceptors (Lipinski definition) is 3. The summed E-state index contributed by atoms with van der Waals surface area (Å²) in [6.07, 6.45) is 2.77. The minimum absolute atomic E-state index is 0.0783. The molecule has 1 fully saturated rings. The van der Waals surface area contributed by atoms with Gasteiger partial charge in [-0.05, 0) is 36.4 Å². The predicted octanol–water partition coefficient (Wildman–Crippen LogP) is 2.53. The second-order valence-corrected chi connectivity index (χ2v) is 4.66. The van der Waals surface area contributed by atoms with E-state index >= 15 is 0 Å². The van der Waals surface area contributed by atoms with Gasteiger partial charge < -0.3 is 4.42 Å². The number of rotatable bonds is 2. The van der Waals surface area contributed by atoms with E-state index in [0.29, 0.717) is 5.76 Å². The molecule has 2 heterocycles. The van der Waals surface area contributed by atoms with Crippen LogP contribution in [0.5, 0.6) is 0 Å². The Hall–Kier alpha value is -2.60. The average Bonchev–Trinajstić information content (AvgIpc) is 3.06. The smallest absolute Gasteiger partial charge is 0.282 e. The fourth-order valence-electron chi connectivity index (χ4n) is 1.88. The van der Waals surface area contributed by atoms with Gasteiger partial charge in [-0.1, -0.05) is 11.6 Å². The summed E-state index contributed by atoms with van der Waals surface area (Å²) in [4.78, 5) is 24.1. The molecule has 0 atom stereocenters. The molecule has 2 amide bonds. The van der Waals surface area contributed by atoms with Gasteiger partial charge in [-0.15, -0.1) is 0 Å². The van der Waals surface area contributed by atoms with E-state index in [0.717, 1.165) is 11.1 Å². The fourth-order valence-corrected chi connectivity index (χ4v) is 2.05. The van der Waals surface area contributed by atoms with Crippen molar-refractivity contribution in [3.8, 4) is 0 Å². The van der Waals surface area contributed by atoms with Gasteiger partial charge in [0.05, 0.1) is 17.0 Å². The van der Waals surface area contributed by atoms with E-state index in [-0.39, 0.29) is 16.3 Å². The molecule has 1 aromatic carbocycles. The standard InChI is InChI=1S/C14H8ClFN2O3/c15-11-6-8(3-4-12(11)16)18-14(20)10(13(19)17-18)7-9-2-1-5-21-9/h1-7H,(H,17,19)/b10-7-. The molecule has 0 radical (unpaired) electrons. The van der Waals surface area contributed by atoms with Crippen molar-refractivity contribution in [3.05, 3.63) is 58.8 Å². The number of carbonyl (C=O) groups excluding carboxylic acids is 2. The highest BCUT2D eigenvalue weighted by atomic mass is 35.5. The van der Waals surface area contributed by atoms with Crippen molar-refractivity contribution in [1.29, 1.82) is 0 Å². The molecule has 0 unspecified atom stereocenters. The second-order valence-electron chi connectivity index (χ2n) is 4.25. The van der Waals surface area contributed by atoms with Crippen LogP contribution in [0.1, 0.15) is 5.76 Å². The molecule has 0 bridgehead atoms. The lowest BCUT2D eigenvalue weighted by Crippen LogP contribution is -2.35. The van der Waals surface area contributed by atoms with E-state index < -0.39 is 17.6 Å². The summed E-state index contributed by atoms with van der Waals surface area (Å²) in [6.45, 7) is 0. The van der Waals surface area contributed by atoms with Crippen molar-refractivity contribution >= 4 is 35.2 Å². The molecule has 2 aromatic rings. The molecule has 106 valence electrons. The van der Waals surface area contributed by atoms with Crippen molar-refractivity contribution in [1.82, 2.24) is 5.43 Å². The first-order valence-corrected chi connectivity index (χ1v) is 6.30. The van der Waals surface area contributed by atoms with Crippen LogP contribution in [-0.4, -0.2) is 11.8 Å². The molecule has 1 aliphatic heterocycles. The zero-order chi connectivity index (χ0) is 15.0. The maximum atomic E-state index is 13.1. The van der Waals surface area contributed by atoms with Crippen molar-refractivity contribution in [2.24, 2.45) is 0 Å². The van der Waals surface area contributed by atoms with Gasteiger partial charge >= 0.3 is 0 Å². The lowest BCUT2D eigenvalue weighted by atomic mass is 10.2. The summed E-state index contributed by atoms with van der Waals surface area (Å²) in [6, 6.07) is 6.97. The third-order valence-corrected chi connectivity index (χ3v) is 3.17. The summed E-state index contributed by atoms with van der Waals surface area (Å²) < 4.78 is 18.2. The molecule has 7 heteroatoms. The lowest BCUT2D eigenvalue weighted by molar-refractivity contribution is -0.117. The summed E-state index contributed by atoms with van der Waals surface area (Å²) in [7, 11) is 0. The van der Waals surface area contributed by atoms with Crippen LogP contribution in [0, 0.1) is 5.82 Å². The van der Waals surface area contributed by atoms with Crippen molar-refractivity contribution in [2.45, 2.75) is 0 Å². The van der Waals surface area contributed by atoms with Crippen LogP contribution in [-0.2, 0) is 9.59 Å². The summed E-state index contributed by atoms with van der Waals surface area (Å²) in [5.74, 6) is -1.37. The average molecular weight is 307 g/mol. The third kappa shape index (κ3) is 2.41. The first-order valence-electron chi connectivity index (χ1n) is 5.92. The quantitative estimate of drug-likeness (QED) is 0.685. The van der Waals surface area contributed by atoms with E-state index in [9.17, 15) is 14.0 Å². The van der Waals surface area contributed by atoms with Crippen LogP contribution < -0.4 is 10.4 Å². The van der Waals surface area contributed by atoms with E-state index in [2.05, 4.69) is 5.43 Å². The molecule has 0 spiro atoms. The van der Waals surface area contributed by atoms with Crippen LogP contribution in [0.2, 0.25) is 5.02 Å². The molecular weight excluding hydrogens is 299 g/mol. The fraction of sp³-hybridized carbons (Fsp3) is 0. The number of furan rings is 1. The molecule has 3 rings (SSSR count). The van der Waals surface area contributed by atoms with Crippen LogP contribution in [0.3, 0.4) is 0 Å². The Kier molecular flexibility index (Phi) is 3.23. The normalized spacial score (nSPS) is 16.7. The summed E-state index contributed by atoms with van der Waals surface area (Å²) in [5.41, 5.74) is 2.57. The van der Waals surface area contributed by atoms with E-state index in [4.69, 9.17) is 16.0 Å². The molecule has 1 aromatic heterocycles. The Morgan fingerprint density at radius 3 is 2.76 bits per heavy atom. The largest absolute Gasteiger partial charge is 0.465 e. The Balaban J connectivity index is 1.95. The van der Waals surface area contributed by atoms with Crippen LogP contribution in [0.15, 0.2) is 46.6 Å². The number of hydrogen-bond donors (Lipinski definition) is 1. The number of halogens is 2. The number of hydrazine groups is 1. The van der Waals surface area contributed by atoms with Crippen molar-refractivity contribution < 1.29 is 18.4 Å². The Morgan fingerprint density at radius 1 is 1.29 bits per heavy atom. The Labute approximate surface area is 123 Å². The van der Waals surface area contributed by atoms with Crippen molar-refractivity contribution in [3.63, 3.8) is 0 Å². The van der Waals surface area contributed by atoms with Gasteiger partial charge in [0.15, 0.2) is 0 Å². The van der Waals surface area contributed by atoms with Gasteiger partial charge in [-0.3, -0.25) is 15.0 Å². The van der Waals surface area contributed by atoms with Crippen LogP contribution >= 0.6 is 11.6 Å². The van der Waals surface area contributed by atoms with Gasteiger partial charge in [0.1, 0.15) is 17.2 Å². The SMILES string of the molecule is O=C1NN(c2ccc(F)c(Cl)c2)C(=O)/C1=C\c1ccco1. The number of benzene rings is 1. The number of amides is 2. The van der Waals surface area contributed by atoms with Gasteiger partial charge in [0.2, 0.25) is 0 Å². The molecule has 1 aliphatic rings. The summed E-state index contributed by atoms with van der Waals surface area (Å²) in [5, 5.41) is 0.862. The van der Waals surface area contributed by atoms with E-state index in [1.807, 2.05) is 0 Å². The topological polar surface area (TPSA) is 62.6 Å². The maximum Gasteiger partial charge on any atom is 0.282 e. The lowest BCUT2D eigenvalue weighted by Gasteiger charge is -2.14. The van der Waals surface area contributed by atoms with Gasteiger partial charge in [0.25, 0.3) is 11.8 Å². The minimum Gasteiger partial charge on any atom is -0.465 e. The van der Waals surface area contributed by atoms with Gasteiger partial charge in [0, 0.05) is 0 Å². The molecule has 1 saturated heterocycles. The second kappa shape index (κ2) is 5.06. The highest BCUT2D eigenvalue weighted by Crippen LogP contribution is 2.25. The van der Waals surface area contributed by atoms with Gasteiger partial charge in [-0.25, -0.2) is 9.40 Å². The number of nitrogens with one attached hydrogen (secondary N) is 1. The summed E-state index contributed by atoms with van der Waals surface area (Å²) >= 11 is 5.67. The predicted molar refractivity (Wildman–Crippen MR) is 73.7 cm³/mol. The zero-order valence-corrected chi connectivity index (χ0v) is 11.2. The number of carbonyl (C=O) groups is 2. The minimum atomic E-state index is -0.607. The molecule has 5 nitrogen and oxygen atoms in total. The molecule has 0 saturated carbocycles. The first-order chi connectivity index (χ1) is 10.1. The zero-order valence-electron chi connectivity index (χ0n) is 10.5.